The summed E-state index contributed by atoms with van der Waals surface area (Å²) in [5, 5.41) is 1.70. The van der Waals surface area contributed by atoms with Gasteiger partial charge in [0, 0.05) is 17.0 Å². The molecule has 3 aromatic carbocycles. The van der Waals surface area contributed by atoms with E-state index in [4.69, 9.17) is 28.4 Å². The van der Waals surface area contributed by atoms with E-state index in [9.17, 15) is 0 Å². The number of hydrogen-bond acceptors (Lipinski definition) is 6. The van der Waals surface area contributed by atoms with Crippen LogP contribution in [0.4, 0.5) is 5.69 Å². The molecule has 0 saturated carbocycles. The Morgan fingerprint density at radius 3 is 2.00 bits per heavy atom. The molecule has 158 valence electrons. The quantitative estimate of drug-likeness (QED) is 0.422. The maximum Gasteiger partial charge on any atom is 0.203 e. The van der Waals surface area contributed by atoms with E-state index in [2.05, 4.69) is 0 Å². The van der Waals surface area contributed by atoms with Crippen LogP contribution in [-0.4, -0.2) is 28.4 Å². The van der Waals surface area contributed by atoms with Crippen LogP contribution in [0.3, 0.4) is 0 Å². The van der Waals surface area contributed by atoms with Gasteiger partial charge < -0.3 is 23.4 Å². The van der Waals surface area contributed by atoms with Gasteiger partial charge in [0.25, 0.3) is 0 Å². The summed E-state index contributed by atoms with van der Waals surface area (Å²) in [6.45, 7) is 0. The Morgan fingerprint density at radius 1 is 0.710 bits per heavy atom. The van der Waals surface area contributed by atoms with Crippen molar-refractivity contribution >= 4 is 16.7 Å². The first kappa shape index (κ1) is 20.3. The van der Waals surface area contributed by atoms with Gasteiger partial charge in [0.1, 0.15) is 17.1 Å². The summed E-state index contributed by atoms with van der Waals surface area (Å²) >= 11 is 0. The van der Waals surface area contributed by atoms with Gasteiger partial charge in [-0.3, -0.25) is 0 Å². The van der Waals surface area contributed by atoms with Crippen molar-refractivity contribution in [1.82, 2.24) is 0 Å². The number of hydrogen-bond donors (Lipinski definition) is 0. The number of benzene rings is 3. The second-order valence-corrected chi connectivity index (χ2v) is 6.72. The zero-order chi connectivity index (χ0) is 21.8. The molecule has 1 heterocycles. The van der Waals surface area contributed by atoms with Crippen LogP contribution in [0.5, 0.6) is 23.0 Å². The second kappa shape index (κ2) is 8.83. The molecule has 0 aliphatic rings. The summed E-state index contributed by atoms with van der Waals surface area (Å²) in [6, 6.07) is 21.0. The standard InChI is InChI=1S/C25H23NO5/c1-27-18-11-9-17(10-12-18)26-20-15-22(31-21-8-6-5-7-19(20)21)16-13-23(28-2)25(30-4)24(14-16)29-3/h5-15H,1-4H3. The molecule has 1 aromatic heterocycles. The number of ether oxygens (including phenoxy) is 4. The summed E-state index contributed by atoms with van der Waals surface area (Å²) < 4.78 is 27.9. The fourth-order valence-corrected chi connectivity index (χ4v) is 3.37. The molecule has 0 atom stereocenters. The van der Waals surface area contributed by atoms with Crippen LogP contribution in [0.1, 0.15) is 0 Å². The van der Waals surface area contributed by atoms with Crippen molar-refractivity contribution in [3.63, 3.8) is 0 Å². The van der Waals surface area contributed by atoms with Crippen molar-refractivity contribution in [3.8, 4) is 34.3 Å². The molecule has 6 nitrogen and oxygen atoms in total. The third-order valence-corrected chi connectivity index (χ3v) is 4.92. The molecule has 0 radical (unpaired) electrons. The fourth-order valence-electron chi connectivity index (χ4n) is 3.37. The van der Waals surface area contributed by atoms with Crippen LogP contribution in [0.2, 0.25) is 0 Å². The lowest BCUT2D eigenvalue weighted by Gasteiger charge is -2.14. The second-order valence-electron chi connectivity index (χ2n) is 6.72. The van der Waals surface area contributed by atoms with E-state index in [1.807, 2.05) is 66.7 Å². The Hall–Kier alpha value is -3.93. The highest BCUT2D eigenvalue weighted by Crippen LogP contribution is 2.41. The highest BCUT2D eigenvalue weighted by atomic mass is 16.5. The monoisotopic (exact) mass is 417 g/mol. The van der Waals surface area contributed by atoms with Crippen LogP contribution in [0.25, 0.3) is 22.3 Å². The lowest BCUT2D eigenvalue weighted by atomic mass is 10.1. The van der Waals surface area contributed by atoms with Gasteiger partial charge in [-0.25, -0.2) is 4.99 Å². The lowest BCUT2D eigenvalue weighted by molar-refractivity contribution is 0.324. The largest absolute Gasteiger partial charge is 0.497 e. The minimum absolute atomic E-state index is 0.526. The summed E-state index contributed by atoms with van der Waals surface area (Å²) in [5.74, 6) is 3.04. The lowest BCUT2D eigenvalue weighted by Crippen LogP contribution is -2.03. The zero-order valence-electron chi connectivity index (χ0n) is 17.8. The normalized spacial score (nSPS) is 11.4. The van der Waals surface area contributed by atoms with Crippen LogP contribution < -0.4 is 24.3 Å². The molecule has 0 N–H and O–H groups in total. The number of nitrogens with zero attached hydrogens (tertiary/aromatic N) is 1. The molecule has 4 aromatic rings. The predicted molar refractivity (Wildman–Crippen MR) is 120 cm³/mol. The van der Waals surface area contributed by atoms with Crippen molar-refractivity contribution in [1.29, 1.82) is 0 Å². The molecule has 31 heavy (non-hydrogen) atoms. The molecule has 0 saturated heterocycles. The SMILES string of the molecule is COc1ccc(N=c2cc(-c3cc(OC)c(OC)c(OC)c3)oc3ccccc23)cc1. The number of fused-ring (bicyclic) bond motifs is 1. The molecule has 0 spiro atoms. The first-order chi connectivity index (χ1) is 15.2. The van der Waals surface area contributed by atoms with Crippen molar-refractivity contribution in [2.75, 3.05) is 28.4 Å². The van der Waals surface area contributed by atoms with Gasteiger partial charge in [0.15, 0.2) is 11.5 Å². The summed E-state index contributed by atoms with van der Waals surface area (Å²) in [6.07, 6.45) is 0. The Labute approximate surface area is 180 Å². The van der Waals surface area contributed by atoms with Gasteiger partial charge in [-0.1, -0.05) is 12.1 Å². The van der Waals surface area contributed by atoms with Gasteiger partial charge in [0.2, 0.25) is 5.75 Å². The third kappa shape index (κ3) is 4.05. The Balaban J connectivity index is 1.93. The molecule has 0 amide bonds. The van der Waals surface area contributed by atoms with Crippen molar-refractivity contribution in [2.24, 2.45) is 4.99 Å². The smallest absolute Gasteiger partial charge is 0.203 e. The van der Waals surface area contributed by atoms with Crippen LogP contribution in [0.15, 0.2) is 76.1 Å². The summed E-state index contributed by atoms with van der Waals surface area (Å²) in [4.78, 5) is 4.85. The topological polar surface area (TPSA) is 62.4 Å². The van der Waals surface area contributed by atoms with Gasteiger partial charge in [-0.2, -0.15) is 0 Å². The van der Waals surface area contributed by atoms with E-state index >= 15 is 0 Å². The van der Waals surface area contributed by atoms with Gasteiger partial charge >= 0.3 is 0 Å². The molecule has 0 unspecified atom stereocenters. The van der Waals surface area contributed by atoms with Crippen molar-refractivity contribution in [2.45, 2.75) is 0 Å². The van der Waals surface area contributed by atoms with E-state index in [-0.39, 0.29) is 0 Å². The minimum atomic E-state index is 0.526. The van der Waals surface area contributed by atoms with E-state index in [0.717, 1.165) is 33.3 Å². The van der Waals surface area contributed by atoms with Gasteiger partial charge in [-0.15, -0.1) is 0 Å². The number of para-hydroxylation sites is 1. The van der Waals surface area contributed by atoms with E-state index in [0.29, 0.717) is 23.0 Å². The fraction of sp³-hybridized carbons (Fsp3) is 0.160. The highest BCUT2D eigenvalue weighted by Gasteiger charge is 2.16. The molecule has 0 aliphatic heterocycles. The molecular weight excluding hydrogens is 394 g/mol. The summed E-state index contributed by atoms with van der Waals surface area (Å²) in [5.41, 5.74) is 2.32. The maximum atomic E-state index is 6.20. The van der Waals surface area contributed by atoms with Crippen LogP contribution >= 0.6 is 0 Å². The first-order valence-electron chi connectivity index (χ1n) is 9.69. The van der Waals surface area contributed by atoms with Crippen LogP contribution in [0, 0.1) is 0 Å². The first-order valence-corrected chi connectivity index (χ1v) is 9.69. The van der Waals surface area contributed by atoms with E-state index in [1.165, 1.54) is 0 Å². The Morgan fingerprint density at radius 2 is 1.39 bits per heavy atom. The average Bonchev–Trinajstić information content (AvgIpc) is 2.83. The average molecular weight is 417 g/mol. The van der Waals surface area contributed by atoms with Gasteiger partial charge in [-0.05, 0) is 48.5 Å². The summed E-state index contributed by atoms with van der Waals surface area (Å²) in [7, 11) is 6.39. The molecule has 4 rings (SSSR count). The Bertz CT molecular complexity index is 1250. The minimum Gasteiger partial charge on any atom is -0.497 e. The molecule has 0 fully saturated rings. The van der Waals surface area contributed by atoms with E-state index < -0.39 is 0 Å². The Kier molecular flexibility index (Phi) is 5.80. The number of methoxy groups -OCH3 is 4. The third-order valence-electron chi connectivity index (χ3n) is 4.92. The van der Waals surface area contributed by atoms with Crippen molar-refractivity contribution < 1.29 is 23.4 Å². The van der Waals surface area contributed by atoms with E-state index in [1.54, 1.807) is 28.4 Å². The molecule has 6 heteroatoms. The molecule has 0 aliphatic carbocycles. The number of rotatable bonds is 6. The van der Waals surface area contributed by atoms with Gasteiger partial charge in [0.05, 0.1) is 39.5 Å². The van der Waals surface area contributed by atoms with Crippen molar-refractivity contribution in [3.05, 3.63) is 72.1 Å². The molecular formula is C25H23NO5. The molecule has 0 bridgehead atoms. The zero-order valence-corrected chi connectivity index (χ0v) is 17.8. The maximum absolute atomic E-state index is 6.20. The predicted octanol–water partition coefficient (Wildman–Crippen LogP) is 5.37. The van der Waals surface area contributed by atoms with Crippen LogP contribution in [-0.2, 0) is 0 Å². The highest BCUT2D eigenvalue weighted by molar-refractivity contribution is 5.79.